The second kappa shape index (κ2) is 5.73. The molecule has 1 N–H and O–H groups in total. The predicted molar refractivity (Wildman–Crippen MR) is 77.9 cm³/mol. The van der Waals surface area contributed by atoms with E-state index in [0.29, 0.717) is 10.5 Å². The van der Waals surface area contributed by atoms with Gasteiger partial charge in [0.2, 0.25) is 5.71 Å². The molecule has 0 radical (unpaired) electrons. The maximum Gasteiger partial charge on any atom is 0.492 e. The molecule has 6 heteroatoms. The first-order chi connectivity index (χ1) is 9.91. The molecule has 0 atom stereocenters. The lowest BCUT2D eigenvalue weighted by Gasteiger charge is -2.32. The summed E-state index contributed by atoms with van der Waals surface area (Å²) in [6, 6.07) is 7.35. The van der Waals surface area contributed by atoms with Crippen LogP contribution in [0.3, 0.4) is 0 Å². The minimum absolute atomic E-state index is 0.230. The van der Waals surface area contributed by atoms with Gasteiger partial charge in [-0.2, -0.15) is 0 Å². The van der Waals surface area contributed by atoms with Crippen molar-refractivity contribution in [2.24, 2.45) is 0 Å². The molecule has 0 aromatic heterocycles. The van der Waals surface area contributed by atoms with E-state index in [4.69, 9.17) is 9.47 Å². The summed E-state index contributed by atoms with van der Waals surface area (Å²) >= 11 is 0. The fourth-order valence-corrected chi connectivity index (χ4v) is 2.65. The van der Waals surface area contributed by atoms with Crippen molar-refractivity contribution in [2.45, 2.75) is 39.3 Å². The fourth-order valence-electron chi connectivity index (χ4n) is 2.65. The predicted octanol–water partition coefficient (Wildman–Crippen LogP) is 2.15. The van der Waals surface area contributed by atoms with Gasteiger partial charge in [0.15, 0.2) is 0 Å². The van der Waals surface area contributed by atoms with Crippen molar-refractivity contribution >= 4 is 5.71 Å². The van der Waals surface area contributed by atoms with Crippen LogP contribution in [0.25, 0.3) is 0 Å². The molecule has 0 spiro atoms. The Labute approximate surface area is 124 Å². The van der Waals surface area contributed by atoms with E-state index in [1.165, 1.54) is 0 Å². The smallest absolute Gasteiger partial charge is 0.492 e. The first-order valence-corrected chi connectivity index (χ1v) is 7.09. The lowest BCUT2D eigenvalue weighted by Crippen LogP contribution is -2.58. The summed E-state index contributed by atoms with van der Waals surface area (Å²) in [5.74, 6) is 0. The van der Waals surface area contributed by atoms with E-state index in [9.17, 15) is 10.4 Å². The molecular weight excluding hydrogens is 272 g/mol. The highest BCUT2D eigenvalue weighted by molar-refractivity contribution is 6.04. The molecule has 0 aliphatic carbocycles. The Hall–Kier alpha value is -1.47. The molecule has 0 fully saturated rings. The summed E-state index contributed by atoms with van der Waals surface area (Å²) in [5.41, 5.74) is 0.165. The van der Waals surface area contributed by atoms with Crippen LogP contribution in [-0.4, -0.2) is 45.5 Å². The van der Waals surface area contributed by atoms with Gasteiger partial charge in [-0.1, -0.05) is 23.3 Å². The van der Waals surface area contributed by atoms with Crippen molar-refractivity contribution in [3.63, 3.8) is 0 Å². The molecule has 1 aliphatic rings. The molecule has 0 saturated heterocycles. The largest absolute Gasteiger partial charge is 0.618 e. The van der Waals surface area contributed by atoms with Crippen LogP contribution >= 0.6 is 0 Å². The van der Waals surface area contributed by atoms with E-state index >= 15 is 0 Å². The van der Waals surface area contributed by atoms with Gasteiger partial charge in [0, 0.05) is 5.56 Å². The third-order valence-corrected chi connectivity index (χ3v) is 3.55. The van der Waals surface area contributed by atoms with Crippen LogP contribution in [0.1, 0.15) is 33.3 Å². The molecule has 116 valence electrons. The lowest BCUT2D eigenvalue weighted by atomic mass is 9.93. The lowest BCUT2D eigenvalue weighted by molar-refractivity contribution is -0.722. The average molecular weight is 294 g/mol. The van der Waals surface area contributed by atoms with E-state index in [2.05, 4.69) is 0 Å². The zero-order valence-electron chi connectivity index (χ0n) is 12.9. The molecule has 6 nitrogen and oxygen atoms in total. The summed E-state index contributed by atoms with van der Waals surface area (Å²) in [6.45, 7) is 7.45. The van der Waals surface area contributed by atoms with E-state index in [-0.39, 0.29) is 13.2 Å². The maximum absolute atomic E-state index is 12.9. The van der Waals surface area contributed by atoms with Crippen molar-refractivity contribution in [3.8, 4) is 0 Å². The Bertz CT molecular complexity index is 522. The molecule has 0 amide bonds. The third-order valence-electron chi connectivity index (χ3n) is 3.55. The SMILES string of the molecule is CCOC1(OCC)N(O)C(C)(C)C(c2ccccc2)=[N+]1[O-]. The first kappa shape index (κ1) is 15.9. The van der Waals surface area contributed by atoms with E-state index < -0.39 is 11.6 Å². The Morgan fingerprint density at radius 2 is 1.67 bits per heavy atom. The minimum Gasteiger partial charge on any atom is -0.618 e. The van der Waals surface area contributed by atoms with Crippen molar-refractivity contribution in [1.82, 2.24) is 5.06 Å². The van der Waals surface area contributed by atoms with Crippen LogP contribution in [0.15, 0.2) is 30.3 Å². The average Bonchev–Trinajstić information content (AvgIpc) is 2.59. The molecule has 1 aromatic rings. The van der Waals surface area contributed by atoms with Gasteiger partial charge < -0.3 is 10.4 Å². The fraction of sp³-hybridized carbons (Fsp3) is 0.533. The van der Waals surface area contributed by atoms with Gasteiger partial charge in [-0.25, -0.2) is 0 Å². The second-order valence-electron chi connectivity index (χ2n) is 5.29. The highest BCUT2D eigenvalue weighted by Gasteiger charge is 2.65. The molecule has 1 heterocycles. The zero-order chi connectivity index (χ0) is 15.7. The van der Waals surface area contributed by atoms with Gasteiger partial charge in [-0.3, -0.25) is 9.47 Å². The Morgan fingerprint density at radius 1 is 1.14 bits per heavy atom. The number of hydrogen-bond acceptors (Lipinski definition) is 5. The Morgan fingerprint density at radius 3 is 2.14 bits per heavy atom. The number of nitrogens with zero attached hydrogens (tertiary/aromatic N) is 2. The number of hydroxylamine groups is 3. The minimum atomic E-state index is -1.85. The monoisotopic (exact) mass is 294 g/mol. The normalized spacial score (nSPS) is 21.0. The summed E-state index contributed by atoms with van der Waals surface area (Å²) in [5, 5.41) is 24.3. The van der Waals surface area contributed by atoms with Crippen LogP contribution < -0.4 is 0 Å². The first-order valence-electron chi connectivity index (χ1n) is 7.09. The number of hydrogen-bond donors (Lipinski definition) is 1. The maximum atomic E-state index is 12.9. The van der Waals surface area contributed by atoms with Crippen molar-refractivity contribution in [3.05, 3.63) is 41.1 Å². The summed E-state index contributed by atoms with van der Waals surface area (Å²) in [4.78, 5) is 0. The number of rotatable bonds is 5. The number of benzene rings is 1. The van der Waals surface area contributed by atoms with Crippen molar-refractivity contribution < 1.29 is 19.4 Å². The zero-order valence-corrected chi connectivity index (χ0v) is 12.9. The van der Waals surface area contributed by atoms with E-state index in [0.717, 1.165) is 10.6 Å². The van der Waals surface area contributed by atoms with Crippen LogP contribution in [0.5, 0.6) is 0 Å². The molecule has 1 aliphatic heterocycles. The Balaban J connectivity index is 2.62. The van der Waals surface area contributed by atoms with Gasteiger partial charge in [0.1, 0.15) is 5.54 Å². The number of ether oxygens (including phenoxy) is 2. The van der Waals surface area contributed by atoms with Crippen LogP contribution in [-0.2, 0) is 9.47 Å². The quantitative estimate of drug-likeness (QED) is 0.512. The highest BCUT2D eigenvalue weighted by atomic mass is 16.8. The van der Waals surface area contributed by atoms with Gasteiger partial charge in [-0.05, 0) is 39.8 Å². The summed E-state index contributed by atoms with van der Waals surface area (Å²) in [7, 11) is 0. The van der Waals surface area contributed by atoms with Crippen LogP contribution in [0.4, 0.5) is 0 Å². The van der Waals surface area contributed by atoms with E-state index in [1.807, 2.05) is 30.3 Å². The highest BCUT2D eigenvalue weighted by Crippen LogP contribution is 2.36. The van der Waals surface area contributed by atoms with Crippen molar-refractivity contribution in [2.75, 3.05) is 13.2 Å². The molecule has 0 unspecified atom stereocenters. The van der Waals surface area contributed by atoms with Gasteiger partial charge >= 0.3 is 6.03 Å². The van der Waals surface area contributed by atoms with Gasteiger partial charge in [0.05, 0.1) is 13.2 Å². The topological polar surface area (TPSA) is 68.0 Å². The van der Waals surface area contributed by atoms with Crippen LogP contribution in [0.2, 0.25) is 0 Å². The summed E-state index contributed by atoms with van der Waals surface area (Å²) < 4.78 is 11.6. The third kappa shape index (κ3) is 2.34. The Kier molecular flexibility index (Phi) is 4.34. The van der Waals surface area contributed by atoms with Gasteiger partial charge in [0.25, 0.3) is 0 Å². The molecule has 2 rings (SSSR count). The van der Waals surface area contributed by atoms with Gasteiger partial charge in [-0.15, -0.1) is 4.74 Å². The molecule has 0 saturated carbocycles. The summed E-state index contributed by atoms with van der Waals surface area (Å²) in [6.07, 6.45) is 0. The molecule has 21 heavy (non-hydrogen) atoms. The van der Waals surface area contributed by atoms with E-state index in [1.54, 1.807) is 27.7 Å². The van der Waals surface area contributed by atoms with Crippen LogP contribution in [0, 0.1) is 5.21 Å². The molecular formula is C15H22N2O4. The van der Waals surface area contributed by atoms with Crippen molar-refractivity contribution in [1.29, 1.82) is 0 Å². The second-order valence-corrected chi connectivity index (χ2v) is 5.29. The molecule has 0 bridgehead atoms. The molecule has 1 aromatic carbocycles. The standard InChI is InChI=1S/C15H22N2O4/c1-5-20-15(21-6-2)16(18)13(14(3,4)17(15)19)12-10-8-7-9-11-12/h7-11,19H,5-6H2,1-4H3.